The van der Waals surface area contributed by atoms with Crippen molar-refractivity contribution in [2.75, 3.05) is 32.7 Å². The normalized spacial score (nSPS) is 17.6. The highest BCUT2D eigenvalue weighted by atomic mass is 16.4. The highest BCUT2D eigenvalue weighted by Gasteiger charge is 2.23. The number of aliphatic carboxylic acids is 1. The number of nitrogens with one attached hydrogen (secondary N) is 1. The van der Waals surface area contributed by atoms with Crippen LogP contribution in [0.2, 0.25) is 0 Å². The minimum absolute atomic E-state index is 0.00884. The molecule has 0 radical (unpaired) electrons. The zero-order valence-electron chi connectivity index (χ0n) is 11.3. The van der Waals surface area contributed by atoms with Crippen molar-refractivity contribution >= 4 is 12.0 Å². The quantitative estimate of drug-likeness (QED) is 0.698. The number of carbonyl (C=O) groups is 2. The van der Waals surface area contributed by atoms with Crippen LogP contribution in [0.15, 0.2) is 0 Å². The smallest absolute Gasteiger partial charge is 0.317 e. The van der Waals surface area contributed by atoms with Gasteiger partial charge in [-0.25, -0.2) is 4.79 Å². The van der Waals surface area contributed by atoms with Gasteiger partial charge in [0, 0.05) is 38.6 Å². The Labute approximate surface area is 113 Å². The lowest BCUT2D eigenvalue weighted by molar-refractivity contribution is -0.138. The molecule has 0 saturated carbocycles. The maximum atomic E-state index is 12.0. The van der Waals surface area contributed by atoms with E-state index < -0.39 is 5.97 Å². The summed E-state index contributed by atoms with van der Waals surface area (Å²) in [5, 5.41) is 11.6. The lowest BCUT2D eigenvalue weighted by Crippen LogP contribution is -2.54. The predicted octanol–water partition coefficient (Wildman–Crippen LogP) is 0.200. The van der Waals surface area contributed by atoms with Gasteiger partial charge >= 0.3 is 12.0 Å². The molecule has 106 valence electrons. The number of carboxylic acid groups (broad SMARTS) is 1. The topological polar surface area (TPSA) is 72.9 Å². The third-order valence-electron chi connectivity index (χ3n) is 3.20. The third kappa shape index (κ3) is 5.18. The molecule has 1 fully saturated rings. The van der Waals surface area contributed by atoms with Crippen LogP contribution >= 0.6 is 0 Å². The number of hydrogen-bond acceptors (Lipinski definition) is 3. The number of amides is 2. The summed E-state index contributed by atoms with van der Waals surface area (Å²) in [5.41, 5.74) is 0. The first-order chi connectivity index (χ1) is 9.06. The van der Waals surface area contributed by atoms with Gasteiger partial charge in [0.1, 0.15) is 0 Å². The number of piperazine rings is 1. The minimum atomic E-state index is -0.835. The molecule has 1 saturated heterocycles. The molecule has 1 unspecified atom stereocenters. The van der Waals surface area contributed by atoms with E-state index in [-0.39, 0.29) is 18.6 Å². The largest absolute Gasteiger partial charge is 0.480 e. The van der Waals surface area contributed by atoms with E-state index in [1.807, 2.05) is 11.8 Å². The van der Waals surface area contributed by atoms with E-state index in [2.05, 4.69) is 11.2 Å². The fraction of sp³-hybridized carbons (Fsp3) is 0.692. The van der Waals surface area contributed by atoms with Crippen molar-refractivity contribution in [3.8, 4) is 12.3 Å². The Bertz CT molecular complexity index is 357. The Kier molecular flexibility index (Phi) is 6.16. The summed E-state index contributed by atoms with van der Waals surface area (Å²) in [7, 11) is 0. The molecule has 6 heteroatoms. The molecule has 1 rings (SSSR count). The van der Waals surface area contributed by atoms with Crippen LogP contribution in [-0.2, 0) is 4.79 Å². The Morgan fingerprint density at radius 3 is 2.47 bits per heavy atom. The molecule has 0 aromatic carbocycles. The van der Waals surface area contributed by atoms with Gasteiger partial charge in [-0.05, 0) is 6.42 Å². The van der Waals surface area contributed by atoms with Crippen LogP contribution in [0, 0.1) is 12.3 Å². The average molecular weight is 267 g/mol. The van der Waals surface area contributed by atoms with Crippen LogP contribution in [0.1, 0.15) is 19.8 Å². The van der Waals surface area contributed by atoms with Crippen molar-refractivity contribution in [3.05, 3.63) is 0 Å². The van der Waals surface area contributed by atoms with Gasteiger partial charge < -0.3 is 15.3 Å². The van der Waals surface area contributed by atoms with E-state index in [1.165, 1.54) is 0 Å². The molecule has 1 atom stereocenters. The molecule has 1 heterocycles. The van der Waals surface area contributed by atoms with Gasteiger partial charge in [-0.15, -0.1) is 12.3 Å². The van der Waals surface area contributed by atoms with Crippen molar-refractivity contribution in [2.45, 2.75) is 25.8 Å². The fourth-order valence-electron chi connectivity index (χ4n) is 2.01. The van der Waals surface area contributed by atoms with Crippen LogP contribution < -0.4 is 5.32 Å². The minimum Gasteiger partial charge on any atom is -0.480 e. The molecule has 6 nitrogen and oxygen atoms in total. The summed E-state index contributed by atoms with van der Waals surface area (Å²) in [6, 6.07) is -0.105. The Hall–Kier alpha value is -1.74. The maximum Gasteiger partial charge on any atom is 0.317 e. The van der Waals surface area contributed by atoms with E-state index in [0.717, 1.165) is 6.42 Å². The van der Waals surface area contributed by atoms with Crippen molar-refractivity contribution < 1.29 is 14.7 Å². The number of nitrogens with zero attached hydrogens (tertiary/aromatic N) is 2. The summed E-state index contributed by atoms with van der Waals surface area (Å²) in [6.45, 7) is 4.28. The number of urea groups is 1. The van der Waals surface area contributed by atoms with Gasteiger partial charge in [0.2, 0.25) is 0 Å². The molecular formula is C13H21N3O3. The summed E-state index contributed by atoms with van der Waals surface area (Å²) in [4.78, 5) is 26.1. The highest BCUT2D eigenvalue weighted by Crippen LogP contribution is 2.04. The molecule has 1 aliphatic rings. The molecule has 2 N–H and O–H groups in total. The first kappa shape index (κ1) is 15.3. The summed E-state index contributed by atoms with van der Waals surface area (Å²) in [6.07, 6.45) is 6.58. The molecule has 0 spiro atoms. The van der Waals surface area contributed by atoms with Crippen molar-refractivity contribution in [1.82, 2.24) is 15.1 Å². The van der Waals surface area contributed by atoms with E-state index in [4.69, 9.17) is 11.5 Å². The van der Waals surface area contributed by atoms with Gasteiger partial charge in [-0.2, -0.15) is 0 Å². The number of carbonyl (C=O) groups excluding carboxylic acids is 1. The molecule has 0 bridgehead atoms. The van der Waals surface area contributed by atoms with E-state index in [9.17, 15) is 9.59 Å². The molecule has 0 aliphatic carbocycles. The van der Waals surface area contributed by atoms with Crippen LogP contribution in [0.4, 0.5) is 4.79 Å². The Balaban J connectivity index is 2.36. The van der Waals surface area contributed by atoms with E-state index in [1.54, 1.807) is 4.90 Å². The standard InChI is InChI=1S/C13H21N3O3/c1-3-5-11(4-2)14-13(19)16-8-6-15(7-9-16)10-12(17)18/h1,11H,4-10H2,2H3,(H,14,19)(H,17,18). The van der Waals surface area contributed by atoms with Crippen molar-refractivity contribution in [1.29, 1.82) is 0 Å². The van der Waals surface area contributed by atoms with Gasteiger partial charge in [0.15, 0.2) is 0 Å². The van der Waals surface area contributed by atoms with Crippen LogP contribution in [0.5, 0.6) is 0 Å². The molecule has 19 heavy (non-hydrogen) atoms. The third-order valence-corrected chi connectivity index (χ3v) is 3.20. The molecule has 1 aliphatic heterocycles. The van der Waals surface area contributed by atoms with E-state index in [0.29, 0.717) is 32.6 Å². The zero-order chi connectivity index (χ0) is 14.3. The first-order valence-electron chi connectivity index (χ1n) is 6.49. The maximum absolute atomic E-state index is 12.0. The molecular weight excluding hydrogens is 246 g/mol. The lowest BCUT2D eigenvalue weighted by Gasteiger charge is -2.34. The average Bonchev–Trinajstić information content (AvgIpc) is 2.38. The van der Waals surface area contributed by atoms with Gasteiger partial charge in [0.25, 0.3) is 0 Å². The second-order valence-electron chi connectivity index (χ2n) is 4.62. The fourth-order valence-corrected chi connectivity index (χ4v) is 2.01. The van der Waals surface area contributed by atoms with Gasteiger partial charge in [-0.3, -0.25) is 9.69 Å². The Morgan fingerprint density at radius 2 is 2.00 bits per heavy atom. The number of hydrogen-bond donors (Lipinski definition) is 2. The Morgan fingerprint density at radius 1 is 1.37 bits per heavy atom. The van der Waals surface area contributed by atoms with E-state index >= 15 is 0 Å². The molecule has 0 aromatic heterocycles. The summed E-state index contributed by atoms with van der Waals surface area (Å²) >= 11 is 0. The SMILES string of the molecule is C#CCC(CC)NC(=O)N1CCN(CC(=O)O)CC1. The van der Waals surface area contributed by atoms with Crippen LogP contribution in [-0.4, -0.2) is 65.7 Å². The summed E-state index contributed by atoms with van der Waals surface area (Å²) < 4.78 is 0. The number of carboxylic acids is 1. The first-order valence-corrected chi connectivity index (χ1v) is 6.49. The van der Waals surface area contributed by atoms with Gasteiger partial charge in [-0.1, -0.05) is 6.92 Å². The number of rotatable bonds is 5. The van der Waals surface area contributed by atoms with Crippen LogP contribution in [0.25, 0.3) is 0 Å². The molecule has 2 amide bonds. The van der Waals surface area contributed by atoms with Crippen molar-refractivity contribution in [3.63, 3.8) is 0 Å². The molecule has 0 aromatic rings. The zero-order valence-corrected chi connectivity index (χ0v) is 11.3. The predicted molar refractivity (Wildman–Crippen MR) is 71.7 cm³/mol. The highest BCUT2D eigenvalue weighted by molar-refractivity contribution is 5.74. The number of terminal acetylenes is 1. The monoisotopic (exact) mass is 267 g/mol. The summed E-state index contributed by atoms with van der Waals surface area (Å²) in [5.74, 6) is 1.71. The second-order valence-corrected chi connectivity index (χ2v) is 4.62. The lowest BCUT2D eigenvalue weighted by atomic mass is 10.1. The second kappa shape index (κ2) is 7.64. The van der Waals surface area contributed by atoms with Gasteiger partial charge in [0.05, 0.1) is 6.54 Å². The van der Waals surface area contributed by atoms with Crippen LogP contribution in [0.3, 0.4) is 0 Å². The van der Waals surface area contributed by atoms with Crippen molar-refractivity contribution in [2.24, 2.45) is 0 Å².